The monoisotopic (exact) mass is 226 g/mol. The predicted molar refractivity (Wildman–Crippen MR) is 60.1 cm³/mol. The van der Waals surface area contributed by atoms with Gasteiger partial charge in [-0.2, -0.15) is 0 Å². The van der Waals surface area contributed by atoms with Crippen LogP contribution in [0.2, 0.25) is 0 Å². The number of thiol groups is 1. The number of benzene rings is 1. The van der Waals surface area contributed by atoms with E-state index in [1.165, 1.54) is 11.3 Å². The Morgan fingerprint density at radius 3 is 2.93 bits per heavy atom. The summed E-state index contributed by atoms with van der Waals surface area (Å²) >= 11 is 5.46. The molecule has 6 heteroatoms. The molecule has 1 aromatic carbocycles. The summed E-state index contributed by atoms with van der Waals surface area (Å²) in [5.74, 6) is 0. The number of nitrogens with zero attached hydrogens (tertiary/aromatic N) is 1. The van der Waals surface area contributed by atoms with Gasteiger partial charge in [-0.1, -0.05) is 0 Å². The number of rotatable bonds is 1. The Hall–Kier alpha value is -1.27. The lowest BCUT2D eigenvalue weighted by molar-refractivity contribution is -0.385. The number of nitrogen functional groups attached to an aromatic ring is 1. The molecule has 0 fully saturated rings. The lowest BCUT2D eigenvalue weighted by Crippen LogP contribution is -1.94. The molecule has 0 saturated carbocycles. The van der Waals surface area contributed by atoms with Crippen molar-refractivity contribution in [2.45, 2.75) is 4.90 Å². The van der Waals surface area contributed by atoms with Crippen LogP contribution in [0.15, 0.2) is 22.4 Å². The van der Waals surface area contributed by atoms with Crippen LogP contribution in [0.25, 0.3) is 10.1 Å². The van der Waals surface area contributed by atoms with E-state index in [9.17, 15) is 10.1 Å². The highest BCUT2D eigenvalue weighted by Gasteiger charge is 2.19. The van der Waals surface area contributed by atoms with E-state index in [1.54, 1.807) is 17.5 Å². The van der Waals surface area contributed by atoms with Crippen molar-refractivity contribution < 1.29 is 4.92 Å². The molecule has 2 aromatic rings. The third kappa shape index (κ3) is 1.23. The van der Waals surface area contributed by atoms with Gasteiger partial charge in [-0.3, -0.25) is 10.1 Å². The van der Waals surface area contributed by atoms with E-state index < -0.39 is 4.92 Å². The number of fused-ring (bicyclic) bond motifs is 1. The Kier molecular flexibility index (Phi) is 2.09. The second kappa shape index (κ2) is 3.14. The summed E-state index contributed by atoms with van der Waals surface area (Å²) in [5.41, 5.74) is 5.94. The van der Waals surface area contributed by atoms with Crippen molar-refractivity contribution in [2.75, 3.05) is 5.73 Å². The first-order valence-electron chi connectivity index (χ1n) is 3.74. The van der Waals surface area contributed by atoms with Crippen molar-refractivity contribution in [1.29, 1.82) is 0 Å². The minimum Gasteiger partial charge on any atom is -0.398 e. The van der Waals surface area contributed by atoms with Crippen molar-refractivity contribution in [3.8, 4) is 0 Å². The van der Waals surface area contributed by atoms with Crippen LogP contribution in [0.5, 0.6) is 0 Å². The van der Waals surface area contributed by atoms with E-state index in [4.69, 9.17) is 5.73 Å². The highest BCUT2D eigenvalue weighted by molar-refractivity contribution is 7.80. The van der Waals surface area contributed by atoms with E-state index in [-0.39, 0.29) is 10.6 Å². The smallest absolute Gasteiger partial charge is 0.293 e. The third-order valence-electron chi connectivity index (χ3n) is 1.92. The fourth-order valence-corrected chi connectivity index (χ4v) is 2.39. The average molecular weight is 226 g/mol. The number of nitro groups is 1. The van der Waals surface area contributed by atoms with E-state index in [0.29, 0.717) is 11.1 Å². The molecule has 4 nitrogen and oxygen atoms in total. The van der Waals surface area contributed by atoms with E-state index in [2.05, 4.69) is 12.6 Å². The van der Waals surface area contributed by atoms with Crippen LogP contribution < -0.4 is 5.73 Å². The summed E-state index contributed by atoms with van der Waals surface area (Å²) in [6.45, 7) is 0. The van der Waals surface area contributed by atoms with Gasteiger partial charge in [0.2, 0.25) is 0 Å². The predicted octanol–water partition coefficient (Wildman–Crippen LogP) is 2.68. The highest BCUT2D eigenvalue weighted by atomic mass is 32.1. The molecule has 0 aliphatic heterocycles. The Morgan fingerprint density at radius 1 is 1.57 bits per heavy atom. The van der Waals surface area contributed by atoms with E-state index in [1.807, 2.05) is 0 Å². The number of thiophene rings is 1. The van der Waals surface area contributed by atoms with Crippen molar-refractivity contribution in [3.05, 3.63) is 27.6 Å². The van der Waals surface area contributed by atoms with Gasteiger partial charge in [0.1, 0.15) is 4.90 Å². The Balaban J connectivity index is 2.93. The molecule has 0 bridgehead atoms. The molecule has 0 amide bonds. The third-order valence-corrected chi connectivity index (χ3v) is 3.25. The molecular formula is C8H6N2O2S2. The fourth-order valence-electron chi connectivity index (χ4n) is 1.29. The second-order valence-corrected chi connectivity index (χ2v) is 4.15. The van der Waals surface area contributed by atoms with Crippen molar-refractivity contribution in [1.82, 2.24) is 0 Å². The summed E-state index contributed by atoms with van der Waals surface area (Å²) in [6.07, 6.45) is 0. The normalized spacial score (nSPS) is 10.6. The maximum Gasteiger partial charge on any atom is 0.293 e. The zero-order chi connectivity index (χ0) is 10.3. The zero-order valence-corrected chi connectivity index (χ0v) is 8.64. The Labute approximate surface area is 88.9 Å². The summed E-state index contributed by atoms with van der Waals surface area (Å²) in [4.78, 5) is 10.6. The molecule has 72 valence electrons. The molecule has 14 heavy (non-hydrogen) atoms. The van der Waals surface area contributed by atoms with Crippen LogP contribution in [0, 0.1) is 10.1 Å². The lowest BCUT2D eigenvalue weighted by atomic mass is 10.2. The van der Waals surface area contributed by atoms with Gasteiger partial charge in [-0.05, 0) is 17.5 Å². The second-order valence-electron chi connectivity index (χ2n) is 2.75. The van der Waals surface area contributed by atoms with Gasteiger partial charge in [-0.25, -0.2) is 0 Å². The molecule has 0 spiro atoms. The molecule has 0 saturated heterocycles. The van der Waals surface area contributed by atoms with Gasteiger partial charge in [0.15, 0.2) is 0 Å². The Morgan fingerprint density at radius 2 is 2.29 bits per heavy atom. The first-order valence-corrected chi connectivity index (χ1v) is 5.07. The van der Waals surface area contributed by atoms with Gasteiger partial charge in [0.25, 0.3) is 5.69 Å². The van der Waals surface area contributed by atoms with Gasteiger partial charge < -0.3 is 5.73 Å². The minimum absolute atomic E-state index is 0.00965. The molecule has 1 aromatic heterocycles. The molecule has 0 aliphatic carbocycles. The molecule has 2 rings (SSSR count). The largest absolute Gasteiger partial charge is 0.398 e. The number of nitro benzene ring substituents is 1. The fraction of sp³-hybridized carbons (Fsp3) is 0. The average Bonchev–Trinajstić information content (AvgIpc) is 2.52. The summed E-state index contributed by atoms with van der Waals surface area (Å²) < 4.78 is 0.812. The van der Waals surface area contributed by atoms with E-state index >= 15 is 0 Å². The maximum absolute atomic E-state index is 10.8. The minimum atomic E-state index is -0.451. The molecule has 0 radical (unpaired) electrons. The van der Waals surface area contributed by atoms with Gasteiger partial charge in [0.05, 0.1) is 16.0 Å². The quantitative estimate of drug-likeness (QED) is 0.340. The molecule has 0 aliphatic rings. The van der Waals surface area contributed by atoms with Crippen molar-refractivity contribution >= 4 is 45.4 Å². The first-order chi connectivity index (χ1) is 6.61. The van der Waals surface area contributed by atoms with Gasteiger partial charge in [-0.15, -0.1) is 24.0 Å². The summed E-state index contributed by atoms with van der Waals surface area (Å²) in [7, 11) is 0. The number of nitrogens with two attached hydrogens (primary N) is 1. The van der Waals surface area contributed by atoms with Crippen LogP contribution in [0.1, 0.15) is 0 Å². The lowest BCUT2D eigenvalue weighted by Gasteiger charge is -2.01. The topological polar surface area (TPSA) is 69.2 Å². The van der Waals surface area contributed by atoms with Crippen LogP contribution >= 0.6 is 24.0 Å². The SMILES string of the molecule is Nc1cc2sccc2c([N+](=O)[O-])c1S. The molecule has 0 unspecified atom stereocenters. The molecular weight excluding hydrogens is 220 g/mol. The molecule has 1 heterocycles. The molecule has 2 N–H and O–H groups in total. The Bertz CT molecular complexity index is 521. The summed E-state index contributed by atoms with van der Waals surface area (Å²) in [5, 5.41) is 13.2. The van der Waals surface area contributed by atoms with E-state index in [0.717, 1.165) is 4.70 Å². The number of hydrogen-bond acceptors (Lipinski definition) is 5. The van der Waals surface area contributed by atoms with Gasteiger partial charge >= 0.3 is 0 Å². The standard InChI is InChI=1S/C8H6N2O2S2/c9-5-3-6-4(1-2-14-6)7(8(5)13)10(11)12/h1-3,13H,9H2. The van der Waals surface area contributed by atoms with Crippen molar-refractivity contribution in [2.24, 2.45) is 0 Å². The van der Waals surface area contributed by atoms with Crippen LogP contribution in [-0.4, -0.2) is 4.92 Å². The number of hydrogen-bond donors (Lipinski definition) is 2. The zero-order valence-electron chi connectivity index (χ0n) is 6.93. The van der Waals surface area contributed by atoms with Crippen molar-refractivity contribution in [3.63, 3.8) is 0 Å². The van der Waals surface area contributed by atoms with Crippen LogP contribution in [-0.2, 0) is 0 Å². The highest BCUT2D eigenvalue weighted by Crippen LogP contribution is 2.38. The van der Waals surface area contributed by atoms with Crippen LogP contribution in [0.3, 0.4) is 0 Å². The maximum atomic E-state index is 10.8. The molecule has 0 atom stereocenters. The van der Waals surface area contributed by atoms with Crippen LogP contribution in [0.4, 0.5) is 11.4 Å². The summed E-state index contributed by atoms with van der Waals surface area (Å²) in [6, 6.07) is 3.41. The number of anilines is 1. The van der Waals surface area contributed by atoms with Gasteiger partial charge in [0, 0.05) is 4.70 Å². The first kappa shape index (κ1) is 9.29.